The van der Waals surface area contributed by atoms with Crippen molar-refractivity contribution in [1.29, 1.82) is 0 Å². The number of anilines is 3. The minimum Gasteiger partial charge on any atom is -0.399 e. The van der Waals surface area contributed by atoms with E-state index in [2.05, 4.69) is 31.2 Å². The Hall–Kier alpha value is -3.18. The van der Waals surface area contributed by atoms with Crippen molar-refractivity contribution in [3.05, 3.63) is 114 Å². The first-order chi connectivity index (χ1) is 13.2. The van der Waals surface area contributed by atoms with Gasteiger partial charge < -0.3 is 11.1 Å². The van der Waals surface area contributed by atoms with Crippen LogP contribution in [0.15, 0.2) is 114 Å². The molecular weight excluding hydrogens is 400 g/mol. The maximum atomic E-state index is 5.36. The first-order valence-corrected chi connectivity index (χ1v) is 9.13. The van der Waals surface area contributed by atoms with E-state index in [-0.39, 0.29) is 0 Å². The minimum absolute atomic E-state index is 0.822. The first kappa shape index (κ1) is 20.1. The predicted octanol–water partition coefficient (Wildman–Crippen LogP) is 5.94. The number of nitrogen functional groups attached to an aromatic ring is 1. The third-order valence-corrected chi connectivity index (χ3v) is 3.61. The van der Waals surface area contributed by atoms with Crippen molar-refractivity contribution in [2.75, 3.05) is 11.1 Å². The summed E-state index contributed by atoms with van der Waals surface area (Å²) in [6.45, 7) is 0. The van der Waals surface area contributed by atoms with Gasteiger partial charge in [-0.25, -0.2) is 9.97 Å². The van der Waals surface area contributed by atoms with Crippen LogP contribution in [0.25, 0.3) is 0 Å². The maximum absolute atomic E-state index is 5.36. The normalized spacial score (nSPS) is 9.07. The number of nitrogens with zero attached hydrogens (tertiary/aromatic N) is 2. The van der Waals surface area contributed by atoms with Crippen LogP contribution in [0.5, 0.6) is 0 Å². The van der Waals surface area contributed by atoms with Crippen LogP contribution in [0.2, 0.25) is 0 Å². The number of benzene rings is 2. The van der Waals surface area contributed by atoms with Gasteiger partial charge in [0.2, 0.25) is 0 Å². The number of rotatable bonds is 2. The summed E-state index contributed by atoms with van der Waals surface area (Å²) >= 11 is 3.20. The van der Waals surface area contributed by atoms with Gasteiger partial charge >= 0.3 is 0 Å². The van der Waals surface area contributed by atoms with Crippen molar-refractivity contribution < 1.29 is 0 Å². The van der Waals surface area contributed by atoms with E-state index < -0.39 is 0 Å². The average molecular weight is 421 g/mol. The highest BCUT2D eigenvalue weighted by atomic mass is 79.9. The van der Waals surface area contributed by atoms with Crippen LogP contribution in [0.1, 0.15) is 0 Å². The molecule has 4 nitrogen and oxygen atoms in total. The van der Waals surface area contributed by atoms with E-state index in [1.54, 1.807) is 12.4 Å². The molecule has 4 aromatic rings. The molecule has 3 N–H and O–H groups in total. The Balaban J connectivity index is 0.000000159. The topological polar surface area (TPSA) is 63.8 Å². The van der Waals surface area contributed by atoms with Crippen molar-refractivity contribution in [3.8, 4) is 0 Å². The minimum atomic E-state index is 0.822. The summed E-state index contributed by atoms with van der Waals surface area (Å²) < 4.78 is 0.884. The number of hydrogen-bond donors (Lipinski definition) is 2. The molecule has 0 aliphatic heterocycles. The van der Waals surface area contributed by atoms with Gasteiger partial charge in [-0.1, -0.05) is 48.5 Å². The molecule has 0 aliphatic rings. The predicted molar refractivity (Wildman–Crippen MR) is 117 cm³/mol. The van der Waals surface area contributed by atoms with Crippen LogP contribution in [0, 0.1) is 0 Å². The molecule has 0 amide bonds. The molecule has 0 spiro atoms. The van der Waals surface area contributed by atoms with Crippen molar-refractivity contribution in [2.45, 2.75) is 0 Å². The van der Waals surface area contributed by atoms with Gasteiger partial charge in [-0.3, -0.25) is 0 Å². The molecule has 0 atom stereocenters. The molecule has 5 heteroatoms. The highest BCUT2D eigenvalue weighted by Crippen LogP contribution is 2.12. The van der Waals surface area contributed by atoms with Gasteiger partial charge in [0.1, 0.15) is 10.4 Å². The number of aromatic nitrogens is 2. The Labute approximate surface area is 168 Å². The zero-order chi connectivity index (χ0) is 19.2. The van der Waals surface area contributed by atoms with E-state index in [1.807, 2.05) is 97.1 Å². The second-order valence-electron chi connectivity index (χ2n) is 5.27. The fourth-order valence-corrected chi connectivity index (χ4v) is 2.17. The van der Waals surface area contributed by atoms with E-state index >= 15 is 0 Å². The molecule has 0 fully saturated rings. The Morgan fingerprint density at radius 3 is 1.59 bits per heavy atom. The van der Waals surface area contributed by atoms with Gasteiger partial charge in [0, 0.05) is 23.8 Å². The number of nitrogens with two attached hydrogens (primary N) is 1. The average Bonchev–Trinajstić information content (AvgIpc) is 2.72. The number of halogens is 1. The third kappa shape index (κ3) is 9.18. The van der Waals surface area contributed by atoms with Crippen molar-refractivity contribution >= 4 is 33.1 Å². The SMILES string of the molecule is Brc1ccccn1.Nc1ccccc1.c1ccc(Nc2ccccn2)cc1. The summed E-state index contributed by atoms with van der Waals surface area (Å²) in [6.07, 6.45) is 3.51. The molecule has 27 heavy (non-hydrogen) atoms. The van der Waals surface area contributed by atoms with Crippen LogP contribution in [-0.2, 0) is 0 Å². The molecule has 0 unspecified atom stereocenters. The van der Waals surface area contributed by atoms with Crippen molar-refractivity contribution in [1.82, 2.24) is 9.97 Å². The van der Waals surface area contributed by atoms with Gasteiger partial charge in [-0.2, -0.15) is 0 Å². The van der Waals surface area contributed by atoms with Gasteiger partial charge in [0.05, 0.1) is 0 Å². The smallest absolute Gasteiger partial charge is 0.130 e. The lowest BCUT2D eigenvalue weighted by atomic mass is 10.3. The number of pyridine rings is 2. The summed E-state index contributed by atoms with van der Waals surface area (Å²) in [5.41, 5.74) is 7.24. The molecule has 2 heterocycles. The molecular formula is C22H21BrN4. The fourth-order valence-electron chi connectivity index (χ4n) is 1.90. The van der Waals surface area contributed by atoms with E-state index in [1.165, 1.54) is 0 Å². The van der Waals surface area contributed by atoms with Gasteiger partial charge in [-0.15, -0.1) is 0 Å². The van der Waals surface area contributed by atoms with Crippen LogP contribution in [0.4, 0.5) is 17.2 Å². The quantitative estimate of drug-likeness (QED) is 0.311. The number of para-hydroxylation sites is 2. The molecule has 0 saturated heterocycles. The lowest BCUT2D eigenvalue weighted by Gasteiger charge is -2.03. The lowest BCUT2D eigenvalue weighted by Crippen LogP contribution is -1.91. The van der Waals surface area contributed by atoms with E-state index in [0.29, 0.717) is 0 Å². The summed E-state index contributed by atoms with van der Waals surface area (Å²) in [5.74, 6) is 0.869. The highest BCUT2D eigenvalue weighted by molar-refractivity contribution is 9.10. The highest BCUT2D eigenvalue weighted by Gasteiger charge is 1.91. The van der Waals surface area contributed by atoms with Crippen LogP contribution in [0.3, 0.4) is 0 Å². The second-order valence-corrected chi connectivity index (χ2v) is 6.08. The number of hydrogen-bond acceptors (Lipinski definition) is 4. The second kappa shape index (κ2) is 12.2. The molecule has 0 radical (unpaired) electrons. The lowest BCUT2D eigenvalue weighted by molar-refractivity contribution is 1.28. The Bertz CT molecular complexity index is 782. The van der Waals surface area contributed by atoms with Crippen LogP contribution < -0.4 is 11.1 Å². The Morgan fingerprint density at radius 1 is 0.630 bits per heavy atom. The molecule has 2 aromatic carbocycles. The Kier molecular flexibility index (Phi) is 9.11. The summed E-state index contributed by atoms with van der Waals surface area (Å²) in [7, 11) is 0. The first-order valence-electron chi connectivity index (χ1n) is 8.34. The Morgan fingerprint density at radius 2 is 1.19 bits per heavy atom. The molecule has 0 bridgehead atoms. The standard InChI is InChI=1S/C11H10N2.C6H7N.C5H4BrN/c1-2-6-10(7-3-1)13-11-8-4-5-9-12-11;7-6-4-2-1-3-5-6;6-5-3-1-2-4-7-5/h1-9H,(H,12,13);1-5H,7H2;1-4H. The molecule has 0 aliphatic carbocycles. The molecule has 2 aromatic heterocycles. The van der Waals surface area contributed by atoms with Crippen LogP contribution in [-0.4, -0.2) is 9.97 Å². The van der Waals surface area contributed by atoms with Crippen molar-refractivity contribution in [2.24, 2.45) is 0 Å². The monoisotopic (exact) mass is 420 g/mol. The van der Waals surface area contributed by atoms with E-state index in [0.717, 1.165) is 21.8 Å². The van der Waals surface area contributed by atoms with E-state index in [9.17, 15) is 0 Å². The zero-order valence-corrected chi connectivity index (χ0v) is 16.3. The van der Waals surface area contributed by atoms with Crippen LogP contribution >= 0.6 is 15.9 Å². The van der Waals surface area contributed by atoms with Gasteiger partial charge in [0.25, 0.3) is 0 Å². The fraction of sp³-hybridized carbons (Fsp3) is 0. The van der Waals surface area contributed by atoms with Gasteiger partial charge in [-0.05, 0) is 64.5 Å². The van der Waals surface area contributed by atoms with Gasteiger partial charge in [0.15, 0.2) is 0 Å². The zero-order valence-electron chi connectivity index (χ0n) is 14.7. The summed E-state index contributed by atoms with van der Waals surface area (Å²) in [5, 5.41) is 3.19. The van der Waals surface area contributed by atoms with Crippen molar-refractivity contribution in [3.63, 3.8) is 0 Å². The molecule has 0 saturated carbocycles. The largest absolute Gasteiger partial charge is 0.399 e. The van der Waals surface area contributed by atoms with E-state index in [4.69, 9.17) is 5.73 Å². The third-order valence-electron chi connectivity index (χ3n) is 3.14. The maximum Gasteiger partial charge on any atom is 0.130 e. The molecule has 4 rings (SSSR count). The number of nitrogens with one attached hydrogen (secondary N) is 1. The molecule has 136 valence electrons. The summed E-state index contributed by atoms with van der Waals surface area (Å²) in [4.78, 5) is 8.06. The summed E-state index contributed by atoms with van der Waals surface area (Å²) in [6, 6.07) is 31.0.